The minimum absolute atomic E-state index is 0.190. The molecule has 0 amide bonds. The lowest BCUT2D eigenvalue weighted by molar-refractivity contribution is 0.142. The highest BCUT2D eigenvalue weighted by molar-refractivity contribution is 9.10. The topological polar surface area (TPSA) is 55.5 Å². The maximum absolute atomic E-state index is 14.0. The molecular formula is C16H17BrFNO2. The molecule has 0 aliphatic rings. The van der Waals surface area contributed by atoms with Gasteiger partial charge in [-0.1, -0.05) is 34.1 Å². The quantitative estimate of drug-likeness (QED) is 0.866. The van der Waals surface area contributed by atoms with E-state index in [1.54, 1.807) is 25.3 Å². The Balaban J connectivity index is 2.40. The molecule has 0 aromatic heterocycles. The molecule has 0 bridgehead atoms. The first kappa shape index (κ1) is 15.9. The summed E-state index contributed by atoms with van der Waals surface area (Å²) in [5.74, 6) is -0.211. The first-order chi connectivity index (χ1) is 10.1. The van der Waals surface area contributed by atoms with Crippen LogP contribution in [0.3, 0.4) is 0 Å². The van der Waals surface area contributed by atoms with Crippen LogP contribution in [0.15, 0.2) is 46.9 Å². The lowest BCUT2D eigenvalue weighted by atomic mass is 9.89. The molecule has 0 spiro atoms. The third kappa shape index (κ3) is 3.43. The van der Waals surface area contributed by atoms with Gasteiger partial charge in [-0.2, -0.15) is 0 Å². The van der Waals surface area contributed by atoms with Crippen molar-refractivity contribution in [3.8, 4) is 5.75 Å². The molecule has 2 rings (SSSR count). The van der Waals surface area contributed by atoms with E-state index in [0.717, 1.165) is 5.56 Å². The van der Waals surface area contributed by atoms with Crippen LogP contribution in [0.2, 0.25) is 0 Å². The molecule has 2 aromatic rings. The summed E-state index contributed by atoms with van der Waals surface area (Å²) < 4.78 is 19.7. The second kappa shape index (κ2) is 7.02. The molecule has 0 aliphatic heterocycles. The van der Waals surface area contributed by atoms with Gasteiger partial charge >= 0.3 is 0 Å². The van der Waals surface area contributed by atoms with E-state index < -0.39 is 17.8 Å². The van der Waals surface area contributed by atoms with Crippen molar-refractivity contribution >= 4 is 15.9 Å². The van der Waals surface area contributed by atoms with Crippen molar-refractivity contribution < 1.29 is 14.2 Å². The summed E-state index contributed by atoms with van der Waals surface area (Å²) >= 11 is 3.28. The lowest BCUT2D eigenvalue weighted by Crippen LogP contribution is -2.21. The van der Waals surface area contributed by atoms with E-state index in [1.807, 2.05) is 18.2 Å². The number of ether oxygens (including phenoxy) is 1. The van der Waals surface area contributed by atoms with Gasteiger partial charge in [0.25, 0.3) is 0 Å². The molecule has 0 heterocycles. The predicted molar refractivity (Wildman–Crippen MR) is 83.8 cm³/mol. The van der Waals surface area contributed by atoms with Gasteiger partial charge in [0, 0.05) is 22.5 Å². The molecule has 0 saturated heterocycles. The van der Waals surface area contributed by atoms with Crippen molar-refractivity contribution in [3.05, 3.63) is 63.9 Å². The van der Waals surface area contributed by atoms with Crippen LogP contribution in [0.4, 0.5) is 4.39 Å². The summed E-state index contributed by atoms with van der Waals surface area (Å²) in [6.45, 7) is 0.190. The molecule has 3 N–H and O–H groups in total. The number of methoxy groups -OCH3 is 1. The summed E-state index contributed by atoms with van der Waals surface area (Å²) in [7, 11) is 1.57. The SMILES string of the molecule is COc1cccc(C(CN)C(O)c2c(F)cccc2Br)c1. The number of benzene rings is 2. The van der Waals surface area contributed by atoms with Crippen LogP contribution in [0.25, 0.3) is 0 Å². The van der Waals surface area contributed by atoms with E-state index in [4.69, 9.17) is 10.5 Å². The highest BCUT2D eigenvalue weighted by atomic mass is 79.9. The number of hydrogen-bond acceptors (Lipinski definition) is 3. The molecule has 2 atom stereocenters. The third-order valence-corrected chi connectivity index (χ3v) is 4.14. The molecule has 0 fully saturated rings. The monoisotopic (exact) mass is 353 g/mol. The zero-order valence-corrected chi connectivity index (χ0v) is 13.2. The van der Waals surface area contributed by atoms with E-state index >= 15 is 0 Å². The molecule has 0 saturated carbocycles. The maximum Gasteiger partial charge on any atom is 0.130 e. The summed E-state index contributed by atoms with van der Waals surface area (Å²) in [4.78, 5) is 0. The van der Waals surface area contributed by atoms with Crippen LogP contribution < -0.4 is 10.5 Å². The first-order valence-electron chi connectivity index (χ1n) is 6.54. The predicted octanol–water partition coefficient (Wildman–Crippen LogP) is 3.37. The fourth-order valence-corrected chi connectivity index (χ4v) is 2.89. The fraction of sp³-hybridized carbons (Fsp3) is 0.250. The van der Waals surface area contributed by atoms with E-state index in [1.165, 1.54) is 6.07 Å². The average molecular weight is 354 g/mol. The standard InChI is InChI=1S/C16H17BrFNO2/c1-21-11-5-2-4-10(8-11)12(9-19)16(20)15-13(17)6-3-7-14(15)18/h2-8,12,16,20H,9,19H2,1H3. The molecule has 0 aliphatic carbocycles. The van der Waals surface area contributed by atoms with Crippen molar-refractivity contribution in [1.82, 2.24) is 0 Å². The minimum Gasteiger partial charge on any atom is -0.497 e. The van der Waals surface area contributed by atoms with Crippen LogP contribution in [-0.4, -0.2) is 18.8 Å². The first-order valence-corrected chi connectivity index (χ1v) is 7.33. The molecule has 2 unspecified atom stereocenters. The Morgan fingerprint density at radius 1 is 1.29 bits per heavy atom. The van der Waals surface area contributed by atoms with Crippen LogP contribution >= 0.6 is 15.9 Å². The Morgan fingerprint density at radius 2 is 2.00 bits per heavy atom. The van der Waals surface area contributed by atoms with Gasteiger partial charge in [0.1, 0.15) is 11.6 Å². The molecule has 3 nitrogen and oxygen atoms in total. The second-order valence-corrected chi connectivity index (χ2v) is 5.55. The smallest absolute Gasteiger partial charge is 0.130 e. The van der Waals surface area contributed by atoms with Crippen molar-refractivity contribution in [2.45, 2.75) is 12.0 Å². The largest absolute Gasteiger partial charge is 0.497 e. The number of halogens is 2. The van der Waals surface area contributed by atoms with Gasteiger partial charge in [-0.05, 0) is 29.8 Å². The summed E-state index contributed by atoms with van der Waals surface area (Å²) in [5, 5.41) is 10.6. The summed E-state index contributed by atoms with van der Waals surface area (Å²) in [6, 6.07) is 11.9. The zero-order valence-electron chi connectivity index (χ0n) is 11.6. The van der Waals surface area contributed by atoms with Crippen LogP contribution in [0.1, 0.15) is 23.1 Å². The van der Waals surface area contributed by atoms with Gasteiger partial charge in [0.2, 0.25) is 0 Å². The normalized spacial score (nSPS) is 13.8. The van der Waals surface area contributed by atoms with E-state index in [-0.39, 0.29) is 12.1 Å². The van der Waals surface area contributed by atoms with Gasteiger partial charge in [0.05, 0.1) is 13.2 Å². The van der Waals surface area contributed by atoms with Gasteiger partial charge in [-0.3, -0.25) is 0 Å². The highest BCUT2D eigenvalue weighted by Crippen LogP contribution is 2.36. The molecule has 21 heavy (non-hydrogen) atoms. The van der Waals surface area contributed by atoms with Crippen molar-refractivity contribution in [3.63, 3.8) is 0 Å². The van der Waals surface area contributed by atoms with Crippen molar-refractivity contribution in [1.29, 1.82) is 0 Å². The minimum atomic E-state index is -1.04. The van der Waals surface area contributed by atoms with Crippen LogP contribution in [0.5, 0.6) is 5.75 Å². The number of hydrogen-bond donors (Lipinski definition) is 2. The number of rotatable bonds is 5. The second-order valence-electron chi connectivity index (χ2n) is 4.70. The number of aliphatic hydroxyl groups excluding tert-OH is 1. The third-order valence-electron chi connectivity index (χ3n) is 3.45. The van der Waals surface area contributed by atoms with Gasteiger partial charge < -0.3 is 15.6 Å². The maximum atomic E-state index is 14.0. The van der Waals surface area contributed by atoms with Crippen molar-refractivity contribution in [2.24, 2.45) is 5.73 Å². The Hall–Kier alpha value is -1.43. The van der Waals surface area contributed by atoms with Gasteiger partial charge in [-0.15, -0.1) is 0 Å². The van der Waals surface area contributed by atoms with Crippen LogP contribution in [-0.2, 0) is 0 Å². The fourth-order valence-electron chi connectivity index (χ4n) is 2.31. The lowest BCUT2D eigenvalue weighted by Gasteiger charge is -2.24. The summed E-state index contributed by atoms with van der Waals surface area (Å²) in [5.41, 5.74) is 6.82. The van der Waals surface area contributed by atoms with E-state index in [9.17, 15) is 9.50 Å². The average Bonchev–Trinajstić information content (AvgIpc) is 2.48. The molecule has 2 aromatic carbocycles. The van der Waals surface area contributed by atoms with E-state index in [2.05, 4.69) is 15.9 Å². The molecule has 112 valence electrons. The van der Waals surface area contributed by atoms with Crippen molar-refractivity contribution in [2.75, 3.05) is 13.7 Å². The zero-order chi connectivity index (χ0) is 15.4. The molecule has 0 radical (unpaired) electrons. The number of nitrogens with two attached hydrogens (primary N) is 1. The molecular weight excluding hydrogens is 337 g/mol. The van der Waals surface area contributed by atoms with Gasteiger partial charge in [0.15, 0.2) is 0 Å². The van der Waals surface area contributed by atoms with E-state index in [0.29, 0.717) is 10.2 Å². The summed E-state index contributed by atoms with van der Waals surface area (Å²) in [6.07, 6.45) is -1.04. The van der Waals surface area contributed by atoms with Gasteiger partial charge in [-0.25, -0.2) is 4.39 Å². The Morgan fingerprint density at radius 3 is 2.62 bits per heavy atom. The Labute approximate surface area is 131 Å². The highest BCUT2D eigenvalue weighted by Gasteiger charge is 2.26. The Kier molecular flexibility index (Phi) is 5.33. The molecule has 5 heteroatoms. The number of aliphatic hydroxyl groups is 1. The Bertz CT molecular complexity index is 601. The van der Waals surface area contributed by atoms with Crippen LogP contribution in [0, 0.1) is 5.82 Å².